The number of sulfonamides is 1. The first-order valence-corrected chi connectivity index (χ1v) is 8.71. The van der Waals surface area contributed by atoms with Crippen molar-refractivity contribution >= 4 is 16.0 Å². The van der Waals surface area contributed by atoms with E-state index in [4.69, 9.17) is 10.5 Å². The van der Waals surface area contributed by atoms with E-state index in [2.05, 4.69) is 0 Å². The number of carbonyl (C=O) groups excluding carboxylic acids is 1. The minimum Gasteiger partial charge on any atom is -0.461 e. The van der Waals surface area contributed by atoms with Crippen LogP contribution in [0.3, 0.4) is 0 Å². The van der Waals surface area contributed by atoms with Crippen molar-refractivity contribution < 1.29 is 17.9 Å². The molecule has 1 aliphatic rings. The first-order valence-electron chi connectivity index (χ1n) is 7.27. The molecule has 0 radical (unpaired) electrons. The van der Waals surface area contributed by atoms with Crippen LogP contribution >= 0.6 is 0 Å². The highest BCUT2D eigenvalue weighted by Crippen LogP contribution is 2.32. The molecule has 1 unspecified atom stereocenters. The fraction of sp³-hybridized carbons (Fsp3) is 0.643. The number of aryl methyl sites for hydroxylation is 1. The number of rotatable bonds is 5. The van der Waals surface area contributed by atoms with Gasteiger partial charge >= 0.3 is 5.97 Å². The Kier molecular flexibility index (Phi) is 4.65. The predicted octanol–water partition coefficient (Wildman–Crippen LogP) is 0.561. The van der Waals surface area contributed by atoms with Crippen LogP contribution in [0, 0.1) is 5.41 Å². The summed E-state index contributed by atoms with van der Waals surface area (Å²) in [7, 11) is -2.00. The van der Waals surface area contributed by atoms with Crippen LogP contribution in [0.4, 0.5) is 0 Å². The number of aromatic nitrogens is 1. The smallest absolute Gasteiger partial charge is 0.354 e. The van der Waals surface area contributed by atoms with Gasteiger partial charge in [-0.2, -0.15) is 4.31 Å². The first kappa shape index (κ1) is 17.0. The number of esters is 1. The zero-order chi connectivity index (χ0) is 16.5. The van der Waals surface area contributed by atoms with Gasteiger partial charge in [0.25, 0.3) is 0 Å². The van der Waals surface area contributed by atoms with E-state index in [1.54, 1.807) is 14.0 Å². The molecule has 2 heterocycles. The van der Waals surface area contributed by atoms with Crippen molar-refractivity contribution in [2.75, 3.05) is 26.2 Å². The van der Waals surface area contributed by atoms with E-state index in [9.17, 15) is 13.2 Å². The molecule has 0 spiro atoms. The van der Waals surface area contributed by atoms with E-state index in [0.29, 0.717) is 19.6 Å². The van der Waals surface area contributed by atoms with E-state index >= 15 is 0 Å². The number of hydrogen-bond donors (Lipinski definition) is 1. The fourth-order valence-corrected chi connectivity index (χ4v) is 4.25. The highest BCUT2D eigenvalue weighted by atomic mass is 32.2. The lowest BCUT2D eigenvalue weighted by Gasteiger charge is -2.22. The van der Waals surface area contributed by atoms with Crippen molar-refractivity contribution in [1.82, 2.24) is 8.87 Å². The second kappa shape index (κ2) is 6.02. The molecule has 1 aromatic rings. The molecule has 2 rings (SSSR count). The van der Waals surface area contributed by atoms with Crippen LogP contribution in [0.5, 0.6) is 0 Å². The van der Waals surface area contributed by atoms with Gasteiger partial charge in [-0.3, -0.25) is 0 Å². The molecule has 0 aromatic carbocycles. The van der Waals surface area contributed by atoms with Crippen LogP contribution in [0.2, 0.25) is 0 Å². The SMILES string of the molecule is CCOC(=O)c1cc(S(=O)(=O)N2CCC(C)(CN)C2)cn1C. The number of nitrogens with zero attached hydrogens (tertiary/aromatic N) is 2. The van der Waals surface area contributed by atoms with Gasteiger partial charge < -0.3 is 15.0 Å². The lowest BCUT2D eigenvalue weighted by Crippen LogP contribution is -2.34. The van der Waals surface area contributed by atoms with E-state index in [-0.39, 0.29) is 22.6 Å². The molecule has 0 bridgehead atoms. The number of nitrogens with two attached hydrogens (primary N) is 1. The minimum atomic E-state index is -3.62. The van der Waals surface area contributed by atoms with E-state index in [1.807, 2.05) is 6.92 Å². The molecular formula is C14H23N3O4S. The summed E-state index contributed by atoms with van der Waals surface area (Å²) in [6, 6.07) is 1.37. The third kappa shape index (κ3) is 3.04. The molecule has 1 aliphatic heterocycles. The number of carbonyl (C=O) groups is 1. The Bertz CT molecular complexity index is 668. The third-order valence-electron chi connectivity index (χ3n) is 4.12. The molecule has 22 heavy (non-hydrogen) atoms. The van der Waals surface area contributed by atoms with Crippen molar-refractivity contribution in [2.24, 2.45) is 18.2 Å². The van der Waals surface area contributed by atoms with Crippen LogP contribution in [0.25, 0.3) is 0 Å². The largest absolute Gasteiger partial charge is 0.461 e. The lowest BCUT2D eigenvalue weighted by molar-refractivity contribution is 0.0515. The minimum absolute atomic E-state index is 0.110. The lowest BCUT2D eigenvalue weighted by atomic mass is 9.90. The Morgan fingerprint density at radius 2 is 2.18 bits per heavy atom. The quantitative estimate of drug-likeness (QED) is 0.797. The summed E-state index contributed by atoms with van der Waals surface area (Å²) in [4.78, 5) is 11.9. The van der Waals surface area contributed by atoms with Gasteiger partial charge in [0.2, 0.25) is 10.0 Å². The van der Waals surface area contributed by atoms with Crippen molar-refractivity contribution in [2.45, 2.75) is 25.2 Å². The summed E-state index contributed by atoms with van der Waals surface area (Å²) in [5, 5.41) is 0. The van der Waals surface area contributed by atoms with Crippen molar-refractivity contribution in [3.8, 4) is 0 Å². The highest BCUT2D eigenvalue weighted by Gasteiger charge is 2.39. The van der Waals surface area contributed by atoms with E-state index in [0.717, 1.165) is 6.42 Å². The molecule has 124 valence electrons. The fourth-order valence-electron chi connectivity index (χ4n) is 2.58. The summed E-state index contributed by atoms with van der Waals surface area (Å²) >= 11 is 0. The predicted molar refractivity (Wildman–Crippen MR) is 81.9 cm³/mol. The van der Waals surface area contributed by atoms with Crippen LogP contribution in [-0.2, 0) is 21.8 Å². The number of ether oxygens (including phenoxy) is 1. The average molecular weight is 329 g/mol. The normalized spacial score (nSPS) is 22.9. The Hall–Kier alpha value is -1.38. The molecule has 1 saturated heterocycles. The molecule has 0 aliphatic carbocycles. The molecule has 1 fully saturated rings. The summed E-state index contributed by atoms with van der Waals surface area (Å²) in [5.74, 6) is -0.528. The van der Waals surface area contributed by atoms with Gasteiger partial charge in [0.05, 0.1) is 6.61 Å². The van der Waals surface area contributed by atoms with Gasteiger partial charge in [0.15, 0.2) is 0 Å². The summed E-state index contributed by atoms with van der Waals surface area (Å²) in [6.07, 6.45) is 2.18. The van der Waals surface area contributed by atoms with Gasteiger partial charge in [-0.1, -0.05) is 6.92 Å². The second-order valence-corrected chi connectivity index (χ2v) is 7.93. The summed E-state index contributed by atoms with van der Waals surface area (Å²) in [5.41, 5.74) is 5.76. The summed E-state index contributed by atoms with van der Waals surface area (Å²) < 4.78 is 33.2. The van der Waals surface area contributed by atoms with Gasteiger partial charge in [0.1, 0.15) is 10.6 Å². The maximum Gasteiger partial charge on any atom is 0.354 e. The Labute approximate surface area is 131 Å². The standard InChI is InChI=1S/C14H23N3O4S/c1-4-21-13(18)12-7-11(8-16(12)3)22(19,20)17-6-5-14(2,9-15)10-17/h7-8H,4-6,9-10,15H2,1-3H3. The van der Waals surface area contributed by atoms with Crippen molar-refractivity contribution in [3.63, 3.8) is 0 Å². The second-order valence-electron chi connectivity index (χ2n) is 6.00. The zero-order valence-electron chi connectivity index (χ0n) is 13.2. The summed E-state index contributed by atoms with van der Waals surface area (Å²) in [6.45, 7) is 5.22. The monoisotopic (exact) mass is 329 g/mol. The molecule has 0 amide bonds. The maximum atomic E-state index is 12.7. The van der Waals surface area contributed by atoms with Crippen LogP contribution in [0.1, 0.15) is 30.8 Å². The molecule has 8 heteroatoms. The molecular weight excluding hydrogens is 306 g/mol. The van der Waals surface area contributed by atoms with Crippen LogP contribution in [0.15, 0.2) is 17.2 Å². The molecule has 1 aromatic heterocycles. The van der Waals surface area contributed by atoms with Gasteiger partial charge in [-0.15, -0.1) is 0 Å². The molecule has 2 N–H and O–H groups in total. The Morgan fingerprint density at radius 1 is 1.50 bits per heavy atom. The number of hydrogen-bond acceptors (Lipinski definition) is 5. The van der Waals surface area contributed by atoms with E-state index < -0.39 is 16.0 Å². The molecule has 0 saturated carbocycles. The van der Waals surface area contributed by atoms with Crippen molar-refractivity contribution in [3.05, 3.63) is 18.0 Å². The Balaban J connectivity index is 2.28. The van der Waals surface area contributed by atoms with Crippen LogP contribution in [-0.4, -0.2) is 49.5 Å². The maximum absolute atomic E-state index is 12.7. The van der Waals surface area contributed by atoms with Gasteiger partial charge in [0, 0.05) is 26.3 Å². The first-order chi connectivity index (χ1) is 10.2. The van der Waals surface area contributed by atoms with Crippen molar-refractivity contribution in [1.29, 1.82) is 0 Å². The molecule has 7 nitrogen and oxygen atoms in total. The highest BCUT2D eigenvalue weighted by molar-refractivity contribution is 7.89. The van der Waals surface area contributed by atoms with Crippen LogP contribution < -0.4 is 5.73 Å². The third-order valence-corrected chi connectivity index (χ3v) is 5.93. The zero-order valence-corrected chi connectivity index (χ0v) is 14.0. The van der Waals surface area contributed by atoms with Gasteiger partial charge in [-0.25, -0.2) is 13.2 Å². The Morgan fingerprint density at radius 3 is 2.73 bits per heavy atom. The van der Waals surface area contributed by atoms with Gasteiger partial charge in [-0.05, 0) is 31.4 Å². The topological polar surface area (TPSA) is 94.6 Å². The average Bonchev–Trinajstić information content (AvgIpc) is 3.04. The van der Waals surface area contributed by atoms with E-state index in [1.165, 1.54) is 21.1 Å². The molecule has 1 atom stereocenters.